The Bertz CT molecular complexity index is 1140. The fourth-order valence-corrected chi connectivity index (χ4v) is 5.00. The van der Waals surface area contributed by atoms with Gasteiger partial charge in [-0.15, -0.1) is 0 Å². The second-order valence-corrected chi connectivity index (χ2v) is 11.3. The van der Waals surface area contributed by atoms with Crippen LogP contribution < -0.4 is 9.62 Å². The number of rotatable bonds is 11. The summed E-state index contributed by atoms with van der Waals surface area (Å²) in [6.07, 6.45) is 1.39. The Balaban J connectivity index is 2.46. The maximum absolute atomic E-state index is 13.6. The Labute approximate surface area is 218 Å². The number of benzene rings is 2. The van der Waals surface area contributed by atoms with E-state index in [9.17, 15) is 18.0 Å². The van der Waals surface area contributed by atoms with Gasteiger partial charge in [-0.25, -0.2) is 8.42 Å². The van der Waals surface area contributed by atoms with E-state index >= 15 is 0 Å². The molecule has 0 bridgehead atoms. The van der Waals surface area contributed by atoms with Gasteiger partial charge in [0, 0.05) is 23.1 Å². The maximum atomic E-state index is 13.6. The summed E-state index contributed by atoms with van der Waals surface area (Å²) in [6, 6.07) is 11.2. The van der Waals surface area contributed by atoms with Crippen molar-refractivity contribution >= 4 is 50.7 Å². The van der Waals surface area contributed by atoms with Crippen LogP contribution in [0.2, 0.25) is 10.0 Å². The predicted octanol–water partition coefficient (Wildman–Crippen LogP) is 4.83. The Kier molecular flexibility index (Phi) is 10.4. The molecule has 2 amide bonds. The first-order chi connectivity index (χ1) is 16.4. The van der Waals surface area contributed by atoms with Crippen molar-refractivity contribution in [2.75, 3.05) is 23.7 Å². The number of sulfonamides is 1. The minimum Gasteiger partial charge on any atom is -0.355 e. The highest BCUT2D eigenvalue weighted by Crippen LogP contribution is 2.25. The van der Waals surface area contributed by atoms with E-state index in [0.29, 0.717) is 34.3 Å². The molecule has 0 saturated heterocycles. The van der Waals surface area contributed by atoms with Crippen LogP contribution in [-0.2, 0) is 26.2 Å². The highest BCUT2D eigenvalue weighted by Gasteiger charge is 2.32. The van der Waals surface area contributed by atoms with Crippen LogP contribution in [0.5, 0.6) is 0 Å². The molecule has 0 heterocycles. The molecule has 0 aromatic heterocycles. The van der Waals surface area contributed by atoms with Gasteiger partial charge in [0.05, 0.1) is 11.9 Å². The molecule has 1 N–H and O–H groups in total. The Morgan fingerprint density at radius 3 is 2.14 bits per heavy atom. The quantitative estimate of drug-likeness (QED) is 0.441. The zero-order chi connectivity index (χ0) is 26.3. The standard InChI is InChI=1S/C25H33Cl2N3O4S/c1-6-23(25(32)28-7-2)29(15-19-8-11-20(26)14-22(19)27)24(31)16-30(35(5,33)34)21-12-9-18(10-13-21)17(3)4/h8-14,17,23H,6-7,15-16H2,1-5H3,(H,28,32). The van der Waals surface area contributed by atoms with E-state index < -0.39 is 28.5 Å². The second-order valence-electron chi connectivity index (χ2n) is 8.59. The fraction of sp³-hybridized carbons (Fsp3) is 0.440. The van der Waals surface area contributed by atoms with Gasteiger partial charge in [-0.2, -0.15) is 0 Å². The monoisotopic (exact) mass is 541 g/mol. The molecule has 0 radical (unpaired) electrons. The smallest absolute Gasteiger partial charge is 0.244 e. The summed E-state index contributed by atoms with van der Waals surface area (Å²) < 4.78 is 26.4. The number of hydrogen-bond donors (Lipinski definition) is 1. The minimum absolute atomic E-state index is 0.0222. The molecule has 1 atom stereocenters. The van der Waals surface area contributed by atoms with Gasteiger partial charge in [0.1, 0.15) is 12.6 Å². The van der Waals surface area contributed by atoms with Crippen LogP contribution in [0.1, 0.15) is 51.2 Å². The average molecular weight is 543 g/mol. The molecule has 1 unspecified atom stereocenters. The summed E-state index contributed by atoms with van der Waals surface area (Å²) in [7, 11) is -3.79. The van der Waals surface area contributed by atoms with E-state index in [0.717, 1.165) is 16.1 Å². The van der Waals surface area contributed by atoms with Crippen molar-refractivity contribution in [1.82, 2.24) is 10.2 Å². The maximum Gasteiger partial charge on any atom is 0.244 e. The number of hydrogen-bond acceptors (Lipinski definition) is 4. The van der Waals surface area contributed by atoms with E-state index in [-0.39, 0.29) is 18.4 Å². The second kappa shape index (κ2) is 12.6. The summed E-state index contributed by atoms with van der Waals surface area (Å²) in [5, 5.41) is 3.55. The molecule has 0 spiro atoms. The average Bonchev–Trinajstić information content (AvgIpc) is 2.78. The van der Waals surface area contributed by atoms with Gasteiger partial charge in [0.2, 0.25) is 21.8 Å². The highest BCUT2D eigenvalue weighted by molar-refractivity contribution is 7.92. The molecule has 0 aliphatic carbocycles. The van der Waals surface area contributed by atoms with Crippen LogP contribution in [0.3, 0.4) is 0 Å². The number of nitrogens with one attached hydrogen (secondary N) is 1. The first-order valence-electron chi connectivity index (χ1n) is 11.5. The van der Waals surface area contributed by atoms with Crippen LogP contribution in [0, 0.1) is 0 Å². The third-order valence-electron chi connectivity index (χ3n) is 5.62. The van der Waals surface area contributed by atoms with Crippen molar-refractivity contribution in [3.8, 4) is 0 Å². The van der Waals surface area contributed by atoms with Gasteiger partial charge in [-0.05, 0) is 54.7 Å². The van der Waals surface area contributed by atoms with Gasteiger partial charge in [0.15, 0.2) is 0 Å². The van der Waals surface area contributed by atoms with E-state index in [4.69, 9.17) is 23.2 Å². The summed E-state index contributed by atoms with van der Waals surface area (Å²) >= 11 is 12.4. The molecule has 10 heteroatoms. The number of anilines is 1. The third kappa shape index (κ3) is 7.85. The van der Waals surface area contributed by atoms with Crippen molar-refractivity contribution in [1.29, 1.82) is 0 Å². The fourth-order valence-electron chi connectivity index (χ4n) is 3.68. The van der Waals surface area contributed by atoms with E-state index in [1.54, 1.807) is 44.2 Å². The summed E-state index contributed by atoms with van der Waals surface area (Å²) in [4.78, 5) is 27.8. The lowest BCUT2D eigenvalue weighted by Crippen LogP contribution is -2.52. The van der Waals surface area contributed by atoms with Crippen LogP contribution in [0.4, 0.5) is 5.69 Å². The van der Waals surface area contributed by atoms with Gasteiger partial charge >= 0.3 is 0 Å². The number of nitrogens with zero attached hydrogens (tertiary/aromatic N) is 2. The van der Waals surface area contributed by atoms with Crippen molar-refractivity contribution in [3.05, 3.63) is 63.6 Å². The molecule has 0 aliphatic rings. The van der Waals surface area contributed by atoms with Gasteiger partial charge < -0.3 is 10.2 Å². The lowest BCUT2D eigenvalue weighted by Gasteiger charge is -2.33. The molecule has 35 heavy (non-hydrogen) atoms. The molecular formula is C25H33Cl2N3O4S. The first-order valence-corrected chi connectivity index (χ1v) is 14.1. The molecule has 0 saturated carbocycles. The molecule has 7 nitrogen and oxygen atoms in total. The number of carbonyl (C=O) groups is 2. The SMILES string of the molecule is CCNC(=O)C(CC)N(Cc1ccc(Cl)cc1Cl)C(=O)CN(c1ccc(C(C)C)cc1)S(C)(=O)=O. The molecule has 0 fully saturated rings. The lowest BCUT2D eigenvalue weighted by atomic mass is 10.0. The Morgan fingerprint density at radius 2 is 1.66 bits per heavy atom. The summed E-state index contributed by atoms with van der Waals surface area (Å²) in [5.41, 5.74) is 2.02. The zero-order valence-electron chi connectivity index (χ0n) is 20.7. The number of halogens is 2. The topological polar surface area (TPSA) is 86.8 Å². The summed E-state index contributed by atoms with van der Waals surface area (Å²) in [6.45, 7) is 7.63. The van der Waals surface area contributed by atoms with E-state index in [1.807, 2.05) is 26.0 Å². The van der Waals surface area contributed by atoms with Crippen LogP contribution >= 0.6 is 23.2 Å². The predicted molar refractivity (Wildman–Crippen MR) is 142 cm³/mol. The minimum atomic E-state index is -3.79. The van der Waals surface area contributed by atoms with Crippen molar-refractivity contribution in [2.24, 2.45) is 0 Å². The van der Waals surface area contributed by atoms with Crippen molar-refractivity contribution in [3.63, 3.8) is 0 Å². The summed E-state index contributed by atoms with van der Waals surface area (Å²) in [5.74, 6) is -0.563. The lowest BCUT2D eigenvalue weighted by molar-refractivity contribution is -0.140. The van der Waals surface area contributed by atoms with Gasteiger partial charge in [-0.3, -0.25) is 13.9 Å². The van der Waals surface area contributed by atoms with E-state index in [2.05, 4.69) is 5.32 Å². The molecular weight excluding hydrogens is 509 g/mol. The van der Waals surface area contributed by atoms with Crippen LogP contribution in [0.25, 0.3) is 0 Å². The van der Waals surface area contributed by atoms with Gasteiger partial charge in [-0.1, -0.05) is 62.2 Å². The van der Waals surface area contributed by atoms with Crippen molar-refractivity contribution in [2.45, 2.75) is 52.6 Å². The number of likely N-dealkylation sites (N-methyl/N-ethyl adjacent to an activating group) is 1. The molecule has 192 valence electrons. The Morgan fingerprint density at radius 1 is 1.03 bits per heavy atom. The van der Waals surface area contributed by atoms with Gasteiger partial charge in [0.25, 0.3) is 0 Å². The van der Waals surface area contributed by atoms with E-state index in [1.165, 1.54) is 4.90 Å². The zero-order valence-corrected chi connectivity index (χ0v) is 23.0. The highest BCUT2D eigenvalue weighted by atomic mass is 35.5. The first kappa shape index (κ1) is 28.9. The molecule has 0 aliphatic heterocycles. The largest absolute Gasteiger partial charge is 0.355 e. The molecule has 2 aromatic carbocycles. The van der Waals surface area contributed by atoms with Crippen LogP contribution in [-0.4, -0.2) is 50.5 Å². The van der Waals surface area contributed by atoms with Crippen molar-refractivity contribution < 1.29 is 18.0 Å². The third-order valence-corrected chi connectivity index (χ3v) is 7.35. The number of carbonyl (C=O) groups excluding carboxylic acids is 2. The number of amides is 2. The Hall–Kier alpha value is -2.29. The molecule has 2 rings (SSSR count). The molecule has 2 aromatic rings. The normalized spacial score (nSPS) is 12.3. The van der Waals surface area contributed by atoms with Crippen LogP contribution in [0.15, 0.2) is 42.5 Å².